The molecular formula is C32H34F3N5O3. The van der Waals surface area contributed by atoms with Gasteiger partial charge in [-0.15, -0.1) is 0 Å². The Balaban J connectivity index is 1.37. The van der Waals surface area contributed by atoms with Crippen molar-refractivity contribution in [3.8, 4) is 23.0 Å². The number of rotatable bonds is 6. The summed E-state index contributed by atoms with van der Waals surface area (Å²) in [5.74, 6) is -0.814. The number of hydrogen-bond acceptors (Lipinski definition) is 8. The maximum Gasteiger partial charge on any atom is 0.319 e. The quantitative estimate of drug-likeness (QED) is 0.311. The van der Waals surface area contributed by atoms with Crippen molar-refractivity contribution < 1.29 is 28.1 Å². The number of ether oxygens (including phenoxy) is 1. The van der Waals surface area contributed by atoms with Gasteiger partial charge < -0.3 is 19.8 Å². The number of aromatic nitrogens is 3. The monoisotopic (exact) mass is 593 g/mol. The van der Waals surface area contributed by atoms with E-state index in [2.05, 4.69) is 19.9 Å². The molecule has 0 saturated carbocycles. The number of aryl methyl sites for hydroxylation is 1. The number of pyridine rings is 1. The van der Waals surface area contributed by atoms with E-state index in [1.54, 1.807) is 6.07 Å². The number of halogens is 3. The lowest BCUT2D eigenvalue weighted by Crippen LogP contribution is -2.43. The molecule has 3 fully saturated rings. The zero-order valence-corrected chi connectivity index (χ0v) is 24.0. The van der Waals surface area contributed by atoms with Crippen LogP contribution >= 0.6 is 0 Å². The van der Waals surface area contributed by atoms with Gasteiger partial charge in [0.05, 0.1) is 17.0 Å². The van der Waals surface area contributed by atoms with E-state index in [-0.39, 0.29) is 35.1 Å². The van der Waals surface area contributed by atoms with Gasteiger partial charge in [0.1, 0.15) is 41.4 Å². The van der Waals surface area contributed by atoms with Gasteiger partial charge in [-0.05, 0) is 73.2 Å². The first-order valence-corrected chi connectivity index (χ1v) is 15.0. The number of aliphatic hydroxyl groups excluding tert-OH is 1. The minimum absolute atomic E-state index is 0.0161. The van der Waals surface area contributed by atoms with Gasteiger partial charge in [-0.25, -0.2) is 13.2 Å². The number of phenols is 1. The summed E-state index contributed by atoms with van der Waals surface area (Å²) < 4.78 is 52.1. The fourth-order valence-corrected chi connectivity index (χ4v) is 7.27. The Morgan fingerprint density at radius 3 is 2.72 bits per heavy atom. The van der Waals surface area contributed by atoms with Crippen LogP contribution in [0.15, 0.2) is 30.5 Å². The molecule has 11 heteroatoms. The van der Waals surface area contributed by atoms with E-state index >= 15 is 4.39 Å². The topological polar surface area (TPSA) is 94.8 Å². The van der Waals surface area contributed by atoms with Crippen molar-refractivity contribution in [1.82, 2.24) is 19.9 Å². The van der Waals surface area contributed by atoms with Gasteiger partial charge in [-0.1, -0.05) is 13.0 Å². The minimum Gasteiger partial charge on any atom is -0.508 e. The molecule has 8 nitrogen and oxygen atoms in total. The normalized spacial score (nSPS) is 23.0. The second-order valence-corrected chi connectivity index (χ2v) is 12.1. The molecule has 3 aliphatic heterocycles. The van der Waals surface area contributed by atoms with Crippen LogP contribution in [0.2, 0.25) is 0 Å². The second kappa shape index (κ2) is 10.8. The van der Waals surface area contributed by atoms with Crippen LogP contribution in [-0.4, -0.2) is 80.7 Å². The molecule has 3 saturated heterocycles. The molecule has 3 aliphatic rings. The Labute approximate surface area is 247 Å². The number of alkyl halides is 1. The maximum atomic E-state index is 16.6. The van der Waals surface area contributed by atoms with Crippen LogP contribution in [0.4, 0.5) is 19.0 Å². The number of anilines is 1. The summed E-state index contributed by atoms with van der Waals surface area (Å²) in [5.41, 5.74) is 0.134. The average Bonchev–Trinajstić information content (AvgIpc) is 3.52. The molecule has 1 unspecified atom stereocenters. The van der Waals surface area contributed by atoms with Crippen LogP contribution in [0.25, 0.3) is 32.9 Å². The van der Waals surface area contributed by atoms with Crippen molar-refractivity contribution in [1.29, 1.82) is 0 Å². The van der Waals surface area contributed by atoms with Crippen LogP contribution in [-0.2, 0) is 6.42 Å². The third kappa shape index (κ3) is 4.82. The molecule has 43 heavy (non-hydrogen) atoms. The van der Waals surface area contributed by atoms with Gasteiger partial charge in [0.2, 0.25) is 0 Å². The Hall–Kier alpha value is -3.70. The molecule has 7 rings (SSSR count). The first kappa shape index (κ1) is 28.1. The van der Waals surface area contributed by atoms with Crippen LogP contribution in [0.5, 0.6) is 11.8 Å². The molecule has 2 aromatic heterocycles. The van der Waals surface area contributed by atoms with Crippen LogP contribution in [0, 0.1) is 11.6 Å². The highest BCUT2D eigenvalue weighted by Crippen LogP contribution is 2.42. The molecule has 2 N–H and O–H groups in total. The number of piperidine rings is 1. The first-order chi connectivity index (χ1) is 20.8. The first-order valence-electron chi connectivity index (χ1n) is 15.0. The standard InChI is InChI=1S/C32H34F3N5O3/c1-2-22-25(34)5-4-18-12-21(42)13-23(26(18)22)28-27(35)29-24(15-36-28)30(39-10-6-20(41)7-11-39)38-31(37-29)43-17-32-8-3-9-40(32)16-19(33)14-32/h4-5,12-13,15,19-20,41-42H,2-3,6-11,14,16-17H2,1H3/t19-,32?/m1/s1. The van der Waals surface area contributed by atoms with E-state index in [0.29, 0.717) is 72.9 Å². The van der Waals surface area contributed by atoms with Gasteiger partial charge >= 0.3 is 6.01 Å². The van der Waals surface area contributed by atoms with E-state index in [4.69, 9.17) is 4.74 Å². The van der Waals surface area contributed by atoms with Gasteiger partial charge in [-0.2, -0.15) is 9.97 Å². The number of fused-ring (bicyclic) bond motifs is 3. The Morgan fingerprint density at radius 1 is 1.12 bits per heavy atom. The lowest BCUT2D eigenvalue weighted by molar-refractivity contribution is 0.107. The number of phenolic OH excluding ortho intramolecular Hbond substituents is 1. The average molecular weight is 594 g/mol. The van der Waals surface area contributed by atoms with Crippen LogP contribution in [0.1, 0.15) is 44.6 Å². The van der Waals surface area contributed by atoms with Gasteiger partial charge in [0.25, 0.3) is 0 Å². The molecule has 0 bridgehead atoms. The van der Waals surface area contributed by atoms with Crippen molar-refractivity contribution >= 4 is 27.5 Å². The fraction of sp³-hybridized carbons (Fsp3) is 0.469. The summed E-state index contributed by atoms with van der Waals surface area (Å²) in [6.07, 6.45) is 3.73. The SMILES string of the molecule is CCc1c(F)ccc2cc(O)cc(-c3ncc4c(N5CCC(O)CC5)nc(OCC56CCCN5C[C@H](F)C6)nc4c3F)c12. The van der Waals surface area contributed by atoms with Crippen LogP contribution < -0.4 is 9.64 Å². The zero-order chi connectivity index (χ0) is 29.9. The smallest absolute Gasteiger partial charge is 0.319 e. The summed E-state index contributed by atoms with van der Waals surface area (Å²) in [6.45, 7) is 4.21. The summed E-state index contributed by atoms with van der Waals surface area (Å²) in [5, 5.41) is 22.0. The van der Waals surface area contributed by atoms with Gasteiger partial charge in [-0.3, -0.25) is 9.88 Å². The van der Waals surface area contributed by atoms with Crippen LogP contribution in [0.3, 0.4) is 0 Å². The minimum atomic E-state index is -0.919. The predicted octanol–water partition coefficient (Wildman–Crippen LogP) is 5.31. The van der Waals surface area contributed by atoms with E-state index < -0.39 is 29.4 Å². The number of aromatic hydroxyl groups is 1. The fourth-order valence-electron chi connectivity index (χ4n) is 7.27. The highest BCUT2D eigenvalue weighted by molar-refractivity contribution is 6.01. The molecule has 2 aromatic carbocycles. The Bertz CT molecular complexity index is 1710. The number of hydrogen-bond donors (Lipinski definition) is 2. The summed E-state index contributed by atoms with van der Waals surface area (Å²) in [6, 6.07) is 5.79. The number of nitrogens with zero attached hydrogens (tertiary/aromatic N) is 5. The van der Waals surface area contributed by atoms with Crippen molar-refractivity contribution in [3.63, 3.8) is 0 Å². The lowest BCUT2D eigenvalue weighted by Gasteiger charge is -2.32. The van der Waals surface area contributed by atoms with Crippen molar-refractivity contribution in [2.24, 2.45) is 0 Å². The molecular weight excluding hydrogens is 559 g/mol. The molecule has 0 radical (unpaired) electrons. The highest BCUT2D eigenvalue weighted by Gasteiger charge is 2.49. The molecule has 4 aromatic rings. The third-order valence-electron chi connectivity index (χ3n) is 9.40. The van der Waals surface area contributed by atoms with Crippen molar-refractivity contribution in [2.75, 3.05) is 37.7 Å². The molecule has 0 aliphatic carbocycles. The maximum absolute atomic E-state index is 16.6. The van der Waals surface area contributed by atoms with E-state index in [1.807, 2.05) is 11.8 Å². The lowest BCUT2D eigenvalue weighted by atomic mass is 9.94. The van der Waals surface area contributed by atoms with Gasteiger partial charge in [0.15, 0.2) is 5.82 Å². The summed E-state index contributed by atoms with van der Waals surface area (Å²) >= 11 is 0. The van der Waals surface area contributed by atoms with E-state index in [1.165, 1.54) is 24.4 Å². The number of benzene rings is 2. The predicted molar refractivity (Wildman–Crippen MR) is 157 cm³/mol. The highest BCUT2D eigenvalue weighted by atomic mass is 19.1. The summed E-state index contributed by atoms with van der Waals surface area (Å²) in [4.78, 5) is 17.8. The summed E-state index contributed by atoms with van der Waals surface area (Å²) in [7, 11) is 0. The molecule has 0 amide bonds. The largest absolute Gasteiger partial charge is 0.508 e. The second-order valence-electron chi connectivity index (χ2n) is 12.1. The number of aliphatic hydroxyl groups is 1. The molecule has 5 heterocycles. The molecule has 0 spiro atoms. The van der Waals surface area contributed by atoms with E-state index in [0.717, 1.165) is 19.4 Å². The van der Waals surface area contributed by atoms with Crippen molar-refractivity contribution in [2.45, 2.75) is 63.3 Å². The van der Waals surface area contributed by atoms with Crippen molar-refractivity contribution in [3.05, 3.63) is 47.7 Å². The Kier molecular flexibility index (Phi) is 7.04. The zero-order valence-electron chi connectivity index (χ0n) is 24.0. The Morgan fingerprint density at radius 2 is 1.93 bits per heavy atom. The van der Waals surface area contributed by atoms with E-state index in [9.17, 15) is 19.0 Å². The third-order valence-corrected chi connectivity index (χ3v) is 9.40. The molecule has 226 valence electrons. The molecule has 2 atom stereocenters. The van der Waals surface area contributed by atoms with Gasteiger partial charge in [0, 0.05) is 37.8 Å².